The van der Waals surface area contributed by atoms with E-state index in [0.717, 1.165) is 16.7 Å². The fourth-order valence-corrected chi connectivity index (χ4v) is 3.54. The molecule has 1 aromatic carbocycles. The average Bonchev–Trinajstić information content (AvgIpc) is 3.18. The first-order chi connectivity index (χ1) is 13.0. The molecule has 1 amide bonds. The number of aryl methyl sites for hydroxylation is 1. The van der Waals surface area contributed by atoms with Gasteiger partial charge in [-0.1, -0.05) is 0 Å². The number of nitrogens with zero attached hydrogens (tertiary/aromatic N) is 1. The van der Waals surface area contributed by atoms with Crippen molar-refractivity contribution in [3.63, 3.8) is 0 Å². The third kappa shape index (κ3) is 4.07. The molecular formula is C20H23NO6. The van der Waals surface area contributed by atoms with E-state index in [-0.39, 0.29) is 12.3 Å². The molecule has 0 aliphatic carbocycles. The summed E-state index contributed by atoms with van der Waals surface area (Å²) in [6, 6.07) is 4.96. The largest absolute Gasteiger partial charge is 0.493 e. The molecule has 0 bridgehead atoms. The predicted molar refractivity (Wildman–Crippen MR) is 97.0 cm³/mol. The summed E-state index contributed by atoms with van der Waals surface area (Å²) in [7, 11) is 3.10. The zero-order chi connectivity index (χ0) is 19.4. The normalized spacial score (nSPS) is 15.9. The molecule has 0 saturated carbocycles. The van der Waals surface area contributed by atoms with Crippen LogP contribution in [0.15, 0.2) is 35.1 Å². The van der Waals surface area contributed by atoms with Gasteiger partial charge in [-0.25, -0.2) is 0 Å². The number of benzene rings is 1. The molecule has 1 unspecified atom stereocenters. The Balaban J connectivity index is 1.87. The molecule has 7 nitrogen and oxygen atoms in total. The second kappa shape index (κ2) is 8.16. The minimum Gasteiger partial charge on any atom is -0.493 e. The second-order valence-corrected chi connectivity index (χ2v) is 6.49. The molecule has 2 heterocycles. The maximum Gasteiger partial charge on any atom is 0.305 e. The zero-order valence-corrected chi connectivity index (χ0v) is 15.4. The summed E-state index contributed by atoms with van der Waals surface area (Å²) in [5, 5.41) is 9.39. The molecule has 7 heteroatoms. The molecule has 1 N–H and O–H groups in total. The Bertz CT molecular complexity index is 814. The number of carbonyl (C=O) groups excluding carboxylic acids is 1. The molecule has 0 radical (unpaired) electrons. The second-order valence-electron chi connectivity index (χ2n) is 6.49. The van der Waals surface area contributed by atoms with Crippen LogP contribution in [0.4, 0.5) is 0 Å². The van der Waals surface area contributed by atoms with Crippen LogP contribution in [0.2, 0.25) is 0 Å². The first kappa shape index (κ1) is 18.8. The van der Waals surface area contributed by atoms with Crippen LogP contribution >= 0.6 is 0 Å². The summed E-state index contributed by atoms with van der Waals surface area (Å²) in [6.07, 6.45) is 4.54. The van der Waals surface area contributed by atoms with E-state index >= 15 is 0 Å². The maximum atomic E-state index is 12.8. The van der Waals surface area contributed by atoms with Crippen molar-refractivity contribution in [2.75, 3.05) is 20.8 Å². The minimum absolute atomic E-state index is 0.0668. The average molecular weight is 373 g/mol. The van der Waals surface area contributed by atoms with Gasteiger partial charge in [0, 0.05) is 13.0 Å². The highest BCUT2D eigenvalue weighted by Gasteiger charge is 2.33. The van der Waals surface area contributed by atoms with Gasteiger partial charge < -0.3 is 23.9 Å². The Morgan fingerprint density at radius 3 is 2.63 bits per heavy atom. The molecule has 2 aromatic rings. The number of amides is 1. The summed E-state index contributed by atoms with van der Waals surface area (Å²) in [5.74, 6) is 0.113. The summed E-state index contributed by atoms with van der Waals surface area (Å²) in [6.45, 7) is 0.477. The smallest absolute Gasteiger partial charge is 0.305 e. The number of carbonyl (C=O) groups is 2. The van der Waals surface area contributed by atoms with E-state index in [1.165, 1.54) is 7.11 Å². The van der Waals surface area contributed by atoms with Gasteiger partial charge in [0.05, 0.1) is 39.2 Å². The van der Waals surface area contributed by atoms with Crippen molar-refractivity contribution in [3.05, 3.63) is 47.4 Å². The van der Waals surface area contributed by atoms with Gasteiger partial charge in [-0.3, -0.25) is 9.59 Å². The van der Waals surface area contributed by atoms with Crippen LogP contribution in [0.5, 0.6) is 11.5 Å². The Morgan fingerprint density at radius 1 is 1.26 bits per heavy atom. The van der Waals surface area contributed by atoms with Crippen LogP contribution < -0.4 is 9.47 Å². The number of furan rings is 1. The molecule has 1 aliphatic heterocycles. The van der Waals surface area contributed by atoms with Crippen LogP contribution in [-0.4, -0.2) is 42.6 Å². The third-order valence-corrected chi connectivity index (χ3v) is 4.90. The zero-order valence-electron chi connectivity index (χ0n) is 15.4. The Hall–Kier alpha value is -2.96. The number of carboxylic acid groups (broad SMARTS) is 1. The van der Waals surface area contributed by atoms with Gasteiger partial charge in [0.1, 0.15) is 0 Å². The van der Waals surface area contributed by atoms with Crippen LogP contribution in [0.1, 0.15) is 35.6 Å². The lowest BCUT2D eigenvalue weighted by atomic mass is 9.89. The fraction of sp³-hybridized carbons (Fsp3) is 0.400. The van der Waals surface area contributed by atoms with Crippen molar-refractivity contribution in [2.45, 2.75) is 31.7 Å². The first-order valence-electron chi connectivity index (χ1n) is 8.80. The molecule has 0 saturated heterocycles. The number of carboxylic acids is 1. The van der Waals surface area contributed by atoms with E-state index in [2.05, 4.69) is 0 Å². The fourth-order valence-electron chi connectivity index (χ4n) is 3.54. The lowest BCUT2D eigenvalue weighted by molar-refractivity contribution is -0.141. The number of hydrogen-bond donors (Lipinski definition) is 1. The summed E-state index contributed by atoms with van der Waals surface area (Å²) in [5.41, 5.74) is 2.73. The maximum absolute atomic E-state index is 12.8. The highest BCUT2D eigenvalue weighted by Crippen LogP contribution is 2.39. The molecule has 3 rings (SSSR count). The molecular weight excluding hydrogens is 350 g/mol. The van der Waals surface area contributed by atoms with Gasteiger partial charge in [-0.05, 0) is 47.7 Å². The van der Waals surface area contributed by atoms with Crippen molar-refractivity contribution >= 4 is 11.9 Å². The number of ether oxygens (including phenoxy) is 2. The van der Waals surface area contributed by atoms with Gasteiger partial charge in [0.25, 0.3) is 0 Å². The number of methoxy groups -OCH3 is 2. The Kier molecular flexibility index (Phi) is 5.69. The molecule has 144 valence electrons. The van der Waals surface area contributed by atoms with Crippen LogP contribution in [-0.2, 0) is 22.4 Å². The quantitative estimate of drug-likeness (QED) is 0.803. The predicted octanol–water partition coefficient (Wildman–Crippen LogP) is 2.83. The van der Waals surface area contributed by atoms with Crippen molar-refractivity contribution in [2.24, 2.45) is 0 Å². The monoisotopic (exact) mass is 373 g/mol. The van der Waals surface area contributed by atoms with E-state index in [1.807, 2.05) is 12.1 Å². The molecule has 27 heavy (non-hydrogen) atoms. The summed E-state index contributed by atoms with van der Waals surface area (Å²) < 4.78 is 15.7. The highest BCUT2D eigenvalue weighted by molar-refractivity contribution is 5.79. The Morgan fingerprint density at radius 2 is 2.00 bits per heavy atom. The topological polar surface area (TPSA) is 89.2 Å². The molecule has 1 atom stereocenters. The Labute approximate surface area is 157 Å². The lowest BCUT2D eigenvalue weighted by Gasteiger charge is -2.37. The molecule has 1 aliphatic rings. The van der Waals surface area contributed by atoms with Gasteiger partial charge in [-0.15, -0.1) is 0 Å². The lowest BCUT2D eigenvalue weighted by Crippen LogP contribution is -2.41. The van der Waals surface area contributed by atoms with Gasteiger partial charge >= 0.3 is 5.97 Å². The highest BCUT2D eigenvalue weighted by atomic mass is 16.5. The summed E-state index contributed by atoms with van der Waals surface area (Å²) >= 11 is 0. The van der Waals surface area contributed by atoms with Crippen LogP contribution in [0.3, 0.4) is 0 Å². The SMILES string of the molecule is COc1cc2c(cc1OC)C(CC(=O)O)N(C(=O)CCc1ccoc1)CC2. The van der Waals surface area contributed by atoms with Gasteiger partial charge in [0.15, 0.2) is 11.5 Å². The van der Waals surface area contributed by atoms with Crippen LogP contribution in [0, 0.1) is 0 Å². The summed E-state index contributed by atoms with van der Waals surface area (Å²) in [4.78, 5) is 25.9. The standard InChI is InChI=1S/C20H23NO6/c1-25-17-9-14-5-7-21(19(22)4-3-13-6-8-27-12-13)16(11-20(23)24)15(14)10-18(17)26-2/h6,8-10,12,16H,3-5,7,11H2,1-2H3,(H,23,24). The van der Waals surface area contributed by atoms with Crippen molar-refractivity contribution in [1.82, 2.24) is 4.90 Å². The molecule has 0 fully saturated rings. The third-order valence-electron chi connectivity index (χ3n) is 4.90. The van der Waals surface area contributed by atoms with Crippen LogP contribution in [0.25, 0.3) is 0 Å². The van der Waals surface area contributed by atoms with Gasteiger partial charge in [-0.2, -0.15) is 0 Å². The minimum atomic E-state index is -0.949. The van der Waals surface area contributed by atoms with E-state index in [1.54, 1.807) is 30.6 Å². The number of hydrogen-bond acceptors (Lipinski definition) is 5. The van der Waals surface area contributed by atoms with Crippen molar-refractivity contribution in [1.29, 1.82) is 0 Å². The van der Waals surface area contributed by atoms with E-state index < -0.39 is 12.0 Å². The molecule has 0 spiro atoms. The van der Waals surface area contributed by atoms with Crippen molar-refractivity contribution < 1.29 is 28.6 Å². The van der Waals surface area contributed by atoms with E-state index in [9.17, 15) is 14.7 Å². The first-order valence-corrected chi connectivity index (χ1v) is 8.80. The number of rotatable bonds is 7. The van der Waals surface area contributed by atoms with Gasteiger partial charge in [0.2, 0.25) is 5.91 Å². The number of fused-ring (bicyclic) bond motifs is 1. The van der Waals surface area contributed by atoms with E-state index in [0.29, 0.717) is 37.3 Å². The van der Waals surface area contributed by atoms with Crippen molar-refractivity contribution in [3.8, 4) is 11.5 Å². The number of aliphatic carboxylic acids is 1. The molecule has 1 aromatic heterocycles. The van der Waals surface area contributed by atoms with E-state index in [4.69, 9.17) is 13.9 Å².